The molecule has 0 fully saturated rings. The van der Waals surface area contributed by atoms with Crippen molar-refractivity contribution in [2.24, 2.45) is 0 Å². The quantitative estimate of drug-likeness (QED) is 0.604. The molecule has 0 aromatic heterocycles. The summed E-state index contributed by atoms with van der Waals surface area (Å²) in [5.74, 6) is -0.712. The van der Waals surface area contributed by atoms with Crippen LogP contribution in [0.1, 0.15) is 45.2 Å². The first-order valence-corrected chi connectivity index (χ1v) is 12.9. The second-order valence-corrected chi connectivity index (χ2v) is 11.2. The van der Waals surface area contributed by atoms with Crippen molar-refractivity contribution in [3.05, 3.63) is 65.7 Å². The van der Waals surface area contributed by atoms with Crippen LogP contribution in [0.25, 0.3) is 0 Å². The molecule has 0 spiro atoms. The van der Waals surface area contributed by atoms with Crippen LogP contribution in [0.3, 0.4) is 0 Å². The zero-order valence-electron chi connectivity index (χ0n) is 20.3. The lowest BCUT2D eigenvalue weighted by atomic mass is 10.1. The minimum Gasteiger partial charge on any atom is -0.350 e. The van der Waals surface area contributed by atoms with Crippen molar-refractivity contribution in [1.29, 1.82) is 0 Å². The molecule has 0 saturated carbocycles. The molecule has 2 aromatic rings. The van der Waals surface area contributed by atoms with Gasteiger partial charge in [0.05, 0.1) is 11.9 Å². The number of nitrogens with zero attached hydrogens (tertiary/aromatic N) is 2. The molecule has 180 valence electrons. The summed E-state index contributed by atoms with van der Waals surface area (Å²) >= 11 is 0. The Bertz CT molecular complexity index is 1050. The molecular weight excluding hydrogens is 438 g/mol. The molecule has 0 saturated heterocycles. The van der Waals surface area contributed by atoms with Crippen LogP contribution < -0.4 is 9.62 Å². The lowest BCUT2D eigenvalue weighted by molar-refractivity contribution is -0.141. The van der Waals surface area contributed by atoms with E-state index in [4.69, 9.17) is 0 Å². The minimum absolute atomic E-state index is 0.196. The standard InChI is InChI=1S/C25H35N3O4S/c1-7-22(24(30)26-25(3,4)5)27(17-20-11-9-8-10-12-20)23(29)18-28(33(6,31)32)21-15-13-19(2)14-16-21/h8-16,22H,7,17-18H2,1-6H3,(H,26,30)/t22-/m1/s1. The van der Waals surface area contributed by atoms with Crippen molar-refractivity contribution in [2.75, 3.05) is 17.1 Å². The van der Waals surface area contributed by atoms with Gasteiger partial charge in [0.1, 0.15) is 12.6 Å². The third-order valence-electron chi connectivity index (χ3n) is 5.08. The highest BCUT2D eigenvalue weighted by Gasteiger charge is 2.32. The molecule has 0 aliphatic rings. The maximum Gasteiger partial charge on any atom is 0.244 e. The highest BCUT2D eigenvalue weighted by molar-refractivity contribution is 7.92. The molecule has 7 nitrogen and oxygen atoms in total. The van der Waals surface area contributed by atoms with Crippen molar-refractivity contribution in [1.82, 2.24) is 10.2 Å². The zero-order valence-corrected chi connectivity index (χ0v) is 21.1. The molecule has 0 aliphatic heterocycles. The maximum absolute atomic E-state index is 13.6. The van der Waals surface area contributed by atoms with Gasteiger partial charge in [-0.15, -0.1) is 0 Å². The van der Waals surface area contributed by atoms with E-state index in [2.05, 4.69) is 5.32 Å². The third-order valence-corrected chi connectivity index (χ3v) is 6.22. The van der Waals surface area contributed by atoms with Gasteiger partial charge in [-0.2, -0.15) is 0 Å². The topological polar surface area (TPSA) is 86.8 Å². The Morgan fingerprint density at radius 2 is 1.58 bits per heavy atom. The molecule has 2 amide bonds. The summed E-state index contributed by atoms with van der Waals surface area (Å²) in [6.45, 7) is 9.18. The number of hydrogen-bond acceptors (Lipinski definition) is 4. The predicted molar refractivity (Wildman–Crippen MR) is 132 cm³/mol. The van der Waals surface area contributed by atoms with Crippen molar-refractivity contribution in [2.45, 2.75) is 59.2 Å². The number of benzene rings is 2. The van der Waals surface area contributed by atoms with E-state index >= 15 is 0 Å². The first-order chi connectivity index (χ1) is 15.3. The summed E-state index contributed by atoms with van der Waals surface area (Å²) in [6.07, 6.45) is 1.47. The fourth-order valence-electron chi connectivity index (χ4n) is 3.48. The van der Waals surface area contributed by atoms with E-state index < -0.39 is 34.1 Å². The molecule has 0 unspecified atom stereocenters. The van der Waals surface area contributed by atoms with E-state index in [9.17, 15) is 18.0 Å². The molecule has 0 bridgehead atoms. The van der Waals surface area contributed by atoms with Crippen LogP contribution >= 0.6 is 0 Å². The fourth-order valence-corrected chi connectivity index (χ4v) is 4.33. The summed E-state index contributed by atoms with van der Waals surface area (Å²) in [5.41, 5.74) is 1.78. The van der Waals surface area contributed by atoms with Crippen molar-refractivity contribution < 1.29 is 18.0 Å². The van der Waals surface area contributed by atoms with E-state index in [1.807, 2.05) is 65.0 Å². The second-order valence-electron chi connectivity index (χ2n) is 9.28. The fraction of sp³-hybridized carbons (Fsp3) is 0.440. The van der Waals surface area contributed by atoms with E-state index in [1.165, 1.54) is 4.90 Å². The van der Waals surface area contributed by atoms with Crippen molar-refractivity contribution in [3.8, 4) is 0 Å². The number of carbonyl (C=O) groups excluding carboxylic acids is 2. The first-order valence-electron chi connectivity index (χ1n) is 11.0. The second kappa shape index (κ2) is 10.8. The summed E-state index contributed by atoms with van der Waals surface area (Å²) in [6, 6.07) is 15.6. The number of carbonyl (C=O) groups is 2. The van der Waals surface area contributed by atoms with Gasteiger partial charge in [-0.3, -0.25) is 13.9 Å². The molecule has 2 rings (SSSR count). The minimum atomic E-state index is -3.73. The van der Waals surface area contributed by atoms with Gasteiger partial charge in [0, 0.05) is 12.1 Å². The molecule has 0 aliphatic carbocycles. The Balaban J connectivity index is 2.42. The number of amides is 2. The highest BCUT2D eigenvalue weighted by Crippen LogP contribution is 2.20. The number of sulfonamides is 1. The van der Waals surface area contributed by atoms with Gasteiger partial charge in [-0.1, -0.05) is 55.0 Å². The smallest absolute Gasteiger partial charge is 0.244 e. The number of hydrogen-bond donors (Lipinski definition) is 1. The van der Waals surface area contributed by atoms with E-state index in [0.29, 0.717) is 12.1 Å². The highest BCUT2D eigenvalue weighted by atomic mass is 32.2. The number of anilines is 1. The molecule has 33 heavy (non-hydrogen) atoms. The monoisotopic (exact) mass is 473 g/mol. The molecule has 1 N–H and O–H groups in total. The lowest BCUT2D eigenvalue weighted by Crippen LogP contribution is -2.55. The van der Waals surface area contributed by atoms with Crippen LogP contribution in [0.2, 0.25) is 0 Å². The van der Waals surface area contributed by atoms with Crippen LogP contribution in [0.15, 0.2) is 54.6 Å². The van der Waals surface area contributed by atoms with Crippen LogP contribution in [-0.2, 0) is 26.2 Å². The largest absolute Gasteiger partial charge is 0.350 e. The summed E-state index contributed by atoms with van der Waals surface area (Å²) in [4.78, 5) is 28.1. The van der Waals surface area contributed by atoms with Crippen molar-refractivity contribution >= 4 is 27.5 Å². The third kappa shape index (κ3) is 7.89. The average molecular weight is 474 g/mol. The molecular formula is C25H35N3O4S. The maximum atomic E-state index is 13.6. The van der Waals surface area contributed by atoms with Crippen LogP contribution in [0, 0.1) is 6.92 Å². The normalized spacial score (nSPS) is 12.7. The van der Waals surface area contributed by atoms with Gasteiger partial charge in [-0.05, 0) is 51.8 Å². The van der Waals surface area contributed by atoms with Gasteiger partial charge >= 0.3 is 0 Å². The number of nitrogens with one attached hydrogen (secondary N) is 1. The molecule has 0 radical (unpaired) electrons. The van der Waals surface area contributed by atoms with Gasteiger partial charge in [0.15, 0.2) is 0 Å². The van der Waals surface area contributed by atoms with Gasteiger partial charge in [0.2, 0.25) is 21.8 Å². The van der Waals surface area contributed by atoms with Crippen LogP contribution in [-0.4, -0.2) is 49.5 Å². The molecule has 8 heteroatoms. The Kier molecular flexibility index (Phi) is 8.66. The SMILES string of the molecule is CC[C@H](C(=O)NC(C)(C)C)N(Cc1ccccc1)C(=O)CN(c1ccc(C)cc1)S(C)(=O)=O. The van der Waals surface area contributed by atoms with Gasteiger partial charge in [0.25, 0.3) is 0 Å². The first kappa shape index (κ1) is 26.4. The molecule has 2 aromatic carbocycles. The summed E-state index contributed by atoms with van der Waals surface area (Å²) in [5, 5.41) is 2.95. The van der Waals surface area contributed by atoms with Gasteiger partial charge in [-0.25, -0.2) is 8.42 Å². The zero-order chi connectivity index (χ0) is 24.8. The number of rotatable bonds is 9. The van der Waals surface area contributed by atoms with Crippen LogP contribution in [0.5, 0.6) is 0 Å². The Morgan fingerprint density at radius 3 is 2.06 bits per heavy atom. The summed E-state index contributed by atoms with van der Waals surface area (Å²) in [7, 11) is -3.73. The molecule has 0 heterocycles. The average Bonchev–Trinajstić information content (AvgIpc) is 2.71. The Hall–Kier alpha value is -2.87. The van der Waals surface area contributed by atoms with E-state index in [1.54, 1.807) is 24.3 Å². The summed E-state index contributed by atoms with van der Waals surface area (Å²) < 4.78 is 26.2. The molecule has 1 atom stereocenters. The van der Waals surface area contributed by atoms with Crippen molar-refractivity contribution in [3.63, 3.8) is 0 Å². The van der Waals surface area contributed by atoms with Gasteiger partial charge < -0.3 is 10.2 Å². The number of aryl methyl sites for hydroxylation is 1. The predicted octanol–water partition coefficient (Wildman–Crippen LogP) is 3.48. The van der Waals surface area contributed by atoms with Crippen LogP contribution in [0.4, 0.5) is 5.69 Å². The lowest BCUT2D eigenvalue weighted by Gasteiger charge is -2.34. The Labute approximate surface area is 197 Å². The van der Waals surface area contributed by atoms with E-state index in [0.717, 1.165) is 21.7 Å². The Morgan fingerprint density at radius 1 is 1.00 bits per heavy atom. The van der Waals surface area contributed by atoms with E-state index in [-0.39, 0.29) is 12.5 Å².